The summed E-state index contributed by atoms with van der Waals surface area (Å²) in [4.78, 5) is 7.71. The highest BCUT2D eigenvalue weighted by molar-refractivity contribution is 5.03. The Kier molecular flexibility index (Phi) is 3.39. The van der Waals surface area contributed by atoms with Gasteiger partial charge in [-0.25, -0.2) is 4.98 Å². The molecule has 1 aromatic rings. The summed E-state index contributed by atoms with van der Waals surface area (Å²) in [6, 6.07) is 0.353. The Hall–Kier alpha value is -0.870. The van der Waals surface area contributed by atoms with Crippen LogP contribution in [0, 0.1) is 5.92 Å². The smallest absolute Gasteiger partial charge is 0.123 e. The SMILES string of the molecule is CCNC(c1ncc[nH]1)C1CCOC2(CCC2)C1. The Morgan fingerprint density at radius 1 is 1.61 bits per heavy atom. The molecule has 1 saturated heterocycles. The van der Waals surface area contributed by atoms with E-state index in [1.807, 2.05) is 12.4 Å². The molecule has 1 spiro atoms. The molecule has 2 N–H and O–H groups in total. The molecule has 100 valence electrons. The molecule has 4 nitrogen and oxygen atoms in total. The molecular formula is C14H23N3O. The molecule has 1 saturated carbocycles. The minimum Gasteiger partial charge on any atom is -0.375 e. The highest BCUT2D eigenvalue weighted by Gasteiger charge is 2.44. The van der Waals surface area contributed by atoms with E-state index in [4.69, 9.17) is 4.74 Å². The maximum absolute atomic E-state index is 6.02. The van der Waals surface area contributed by atoms with Gasteiger partial charge in [-0.2, -0.15) is 0 Å². The summed E-state index contributed by atoms with van der Waals surface area (Å²) in [6.45, 7) is 4.05. The van der Waals surface area contributed by atoms with Crippen molar-refractivity contribution in [2.24, 2.45) is 5.92 Å². The first kappa shape index (κ1) is 12.2. The minimum absolute atomic E-state index is 0.211. The van der Waals surface area contributed by atoms with E-state index in [9.17, 15) is 0 Å². The first-order chi connectivity index (χ1) is 8.83. The zero-order valence-corrected chi connectivity index (χ0v) is 11.1. The third-order valence-electron chi connectivity index (χ3n) is 4.51. The zero-order valence-electron chi connectivity index (χ0n) is 11.1. The Balaban J connectivity index is 1.73. The average molecular weight is 249 g/mol. The van der Waals surface area contributed by atoms with Crippen LogP contribution in [0.25, 0.3) is 0 Å². The molecule has 0 aromatic carbocycles. The Morgan fingerprint density at radius 2 is 2.50 bits per heavy atom. The molecule has 0 radical (unpaired) electrons. The predicted octanol–water partition coefficient (Wildman–Crippen LogP) is 2.41. The van der Waals surface area contributed by atoms with Crippen molar-refractivity contribution in [2.45, 2.75) is 50.7 Å². The fourth-order valence-electron chi connectivity index (χ4n) is 3.42. The van der Waals surface area contributed by atoms with Crippen LogP contribution in [0.3, 0.4) is 0 Å². The van der Waals surface area contributed by atoms with Gasteiger partial charge in [0.1, 0.15) is 5.82 Å². The van der Waals surface area contributed by atoms with Crippen LogP contribution in [0.4, 0.5) is 0 Å². The minimum atomic E-state index is 0.211. The van der Waals surface area contributed by atoms with Gasteiger partial charge in [0.25, 0.3) is 0 Å². The first-order valence-electron chi connectivity index (χ1n) is 7.20. The number of ether oxygens (including phenoxy) is 1. The van der Waals surface area contributed by atoms with Crippen LogP contribution in [-0.4, -0.2) is 28.7 Å². The van der Waals surface area contributed by atoms with Gasteiger partial charge in [-0.3, -0.25) is 0 Å². The molecule has 0 amide bonds. The second-order valence-electron chi connectivity index (χ2n) is 5.65. The maximum atomic E-state index is 6.02. The van der Waals surface area contributed by atoms with E-state index in [2.05, 4.69) is 22.2 Å². The molecule has 3 rings (SSSR count). The molecule has 2 aliphatic rings. The molecule has 18 heavy (non-hydrogen) atoms. The second-order valence-corrected chi connectivity index (χ2v) is 5.65. The van der Waals surface area contributed by atoms with Gasteiger partial charge in [-0.05, 0) is 44.6 Å². The third-order valence-corrected chi connectivity index (χ3v) is 4.51. The summed E-state index contributed by atoms with van der Waals surface area (Å²) >= 11 is 0. The van der Waals surface area contributed by atoms with Crippen LogP contribution in [0.1, 0.15) is 50.9 Å². The van der Waals surface area contributed by atoms with Crippen molar-refractivity contribution in [3.63, 3.8) is 0 Å². The Labute approximate surface area is 109 Å². The van der Waals surface area contributed by atoms with Crippen molar-refractivity contribution in [1.82, 2.24) is 15.3 Å². The maximum Gasteiger partial charge on any atom is 0.123 e. The molecule has 1 aromatic heterocycles. The summed E-state index contributed by atoms with van der Waals surface area (Å²) in [5, 5.41) is 3.59. The molecule has 2 unspecified atom stereocenters. The molecule has 1 aliphatic carbocycles. The molecule has 2 atom stereocenters. The molecule has 2 fully saturated rings. The van der Waals surface area contributed by atoms with Gasteiger partial charge in [0.15, 0.2) is 0 Å². The average Bonchev–Trinajstić information content (AvgIpc) is 2.88. The van der Waals surface area contributed by atoms with Crippen molar-refractivity contribution in [3.05, 3.63) is 18.2 Å². The number of hydrogen-bond donors (Lipinski definition) is 2. The lowest BCUT2D eigenvalue weighted by Crippen LogP contribution is -2.48. The number of aromatic amines is 1. The van der Waals surface area contributed by atoms with E-state index in [0.717, 1.165) is 25.4 Å². The lowest BCUT2D eigenvalue weighted by Gasteiger charge is -2.48. The van der Waals surface area contributed by atoms with Crippen LogP contribution >= 0.6 is 0 Å². The van der Waals surface area contributed by atoms with Gasteiger partial charge in [0.2, 0.25) is 0 Å². The van der Waals surface area contributed by atoms with E-state index < -0.39 is 0 Å². The van der Waals surface area contributed by atoms with Gasteiger partial charge in [0, 0.05) is 19.0 Å². The van der Waals surface area contributed by atoms with Crippen LogP contribution < -0.4 is 5.32 Å². The van der Waals surface area contributed by atoms with E-state index in [-0.39, 0.29) is 5.60 Å². The molecular weight excluding hydrogens is 226 g/mol. The van der Waals surface area contributed by atoms with Crippen molar-refractivity contribution in [1.29, 1.82) is 0 Å². The number of imidazole rings is 1. The highest BCUT2D eigenvalue weighted by Crippen LogP contribution is 2.46. The molecule has 4 heteroatoms. The molecule has 2 heterocycles. The summed E-state index contributed by atoms with van der Waals surface area (Å²) in [5.41, 5.74) is 0.211. The van der Waals surface area contributed by atoms with Gasteiger partial charge in [0.05, 0.1) is 11.6 Å². The predicted molar refractivity (Wildman–Crippen MR) is 70.3 cm³/mol. The second kappa shape index (κ2) is 5.02. The quantitative estimate of drug-likeness (QED) is 0.861. The zero-order chi connectivity index (χ0) is 12.4. The van der Waals surface area contributed by atoms with E-state index in [1.165, 1.54) is 25.7 Å². The molecule has 0 bridgehead atoms. The van der Waals surface area contributed by atoms with Crippen LogP contribution in [0.15, 0.2) is 12.4 Å². The third kappa shape index (κ3) is 2.19. The van der Waals surface area contributed by atoms with Crippen molar-refractivity contribution >= 4 is 0 Å². The highest BCUT2D eigenvalue weighted by atomic mass is 16.5. The van der Waals surface area contributed by atoms with Crippen LogP contribution in [0.5, 0.6) is 0 Å². The normalized spacial score (nSPS) is 27.9. The van der Waals surface area contributed by atoms with Crippen molar-refractivity contribution < 1.29 is 4.74 Å². The number of hydrogen-bond acceptors (Lipinski definition) is 3. The Morgan fingerprint density at radius 3 is 3.11 bits per heavy atom. The molecule has 1 aliphatic heterocycles. The fraction of sp³-hybridized carbons (Fsp3) is 0.786. The monoisotopic (exact) mass is 249 g/mol. The standard InChI is InChI=1S/C14H23N3O/c1-2-15-12(13-16-7-8-17-13)11-4-9-18-14(10-11)5-3-6-14/h7-8,11-12,15H,2-6,9-10H2,1H3,(H,16,17). The fourth-order valence-corrected chi connectivity index (χ4v) is 3.42. The lowest BCUT2D eigenvalue weighted by molar-refractivity contribution is -0.147. The van der Waals surface area contributed by atoms with Crippen LogP contribution in [-0.2, 0) is 4.74 Å². The first-order valence-corrected chi connectivity index (χ1v) is 7.20. The van der Waals surface area contributed by atoms with Crippen molar-refractivity contribution in [2.75, 3.05) is 13.2 Å². The van der Waals surface area contributed by atoms with E-state index in [1.54, 1.807) is 0 Å². The summed E-state index contributed by atoms with van der Waals surface area (Å²) < 4.78 is 6.02. The van der Waals surface area contributed by atoms with Crippen LogP contribution in [0.2, 0.25) is 0 Å². The summed E-state index contributed by atoms with van der Waals surface area (Å²) in [6.07, 6.45) is 9.92. The van der Waals surface area contributed by atoms with Crippen molar-refractivity contribution in [3.8, 4) is 0 Å². The number of aromatic nitrogens is 2. The Bertz CT molecular complexity index is 372. The van der Waals surface area contributed by atoms with E-state index in [0.29, 0.717) is 12.0 Å². The number of nitrogens with one attached hydrogen (secondary N) is 2. The summed E-state index contributed by atoms with van der Waals surface area (Å²) in [7, 11) is 0. The number of H-pyrrole nitrogens is 1. The number of nitrogens with zero attached hydrogens (tertiary/aromatic N) is 1. The van der Waals surface area contributed by atoms with E-state index >= 15 is 0 Å². The van der Waals surface area contributed by atoms with Gasteiger partial charge < -0.3 is 15.0 Å². The van der Waals surface area contributed by atoms with Gasteiger partial charge in [-0.1, -0.05) is 6.92 Å². The summed E-state index contributed by atoms with van der Waals surface area (Å²) in [5.74, 6) is 1.73. The number of rotatable bonds is 4. The topological polar surface area (TPSA) is 49.9 Å². The lowest BCUT2D eigenvalue weighted by atomic mass is 9.70. The largest absolute Gasteiger partial charge is 0.375 e. The van der Waals surface area contributed by atoms with Gasteiger partial charge >= 0.3 is 0 Å². The van der Waals surface area contributed by atoms with Gasteiger partial charge in [-0.15, -0.1) is 0 Å².